The van der Waals surface area contributed by atoms with E-state index in [1.54, 1.807) is 30.3 Å². The molecular weight excluding hydrogens is 378 g/mol. The van der Waals surface area contributed by atoms with E-state index in [0.29, 0.717) is 5.56 Å². The first-order chi connectivity index (χ1) is 14.0. The molecule has 2 aromatic carbocycles. The molecule has 0 fully saturated rings. The van der Waals surface area contributed by atoms with Crippen LogP contribution in [0.3, 0.4) is 0 Å². The van der Waals surface area contributed by atoms with Gasteiger partial charge in [-0.25, -0.2) is 0 Å². The normalized spacial score (nSPS) is 15.1. The van der Waals surface area contributed by atoms with Crippen LogP contribution in [0.25, 0.3) is 0 Å². The number of aryl methyl sites for hydroxylation is 3. The van der Waals surface area contributed by atoms with E-state index in [0.717, 1.165) is 22.3 Å². The van der Waals surface area contributed by atoms with Crippen molar-refractivity contribution in [2.45, 2.75) is 58.0 Å². The van der Waals surface area contributed by atoms with Crippen molar-refractivity contribution in [3.63, 3.8) is 0 Å². The summed E-state index contributed by atoms with van der Waals surface area (Å²) in [6.07, 6.45) is -0.230. The molecule has 0 aliphatic rings. The summed E-state index contributed by atoms with van der Waals surface area (Å²) in [7, 11) is 0. The Morgan fingerprint density at radius 1 is 0.933 bits per heavy atom. The molecule has 0 radical (unpaired) electrons. The summed E-state index contributed by atoms with van der Waals surface area (Å²) in [6.45, 7) is 7.43. The molecule has 0 aliphatic heterocycles. The number of hydrogen-bond donors (Lipinski definition) is 3. The largest absolute Gasteiger partial charge is 0.370 e. The molecule has 1 unspecified atom stereocenters. The van der Waals surface area contributed by atoms with Gasteiger partial charge in [0.2, 0.25) is 5.91 Å². The van der Waals surface area contributed by atoms with Crippen molar-refractivity contribution >= 4 is 17.5 Å². The van der Waals surface area contributed by atoms with Crippen LogP contribution in [0.1, 0.15) is 41.2 Å². The lowest BCUT2D eigenvalue weighted by Gasteiger charge is -2.34. The maximum absolute atomic E-state index is 13.7. The maximum atomic E-state index is 13.7. The smallest absolute Gasteiger partial charge is 0.219 e. The molecule has 0 aromatic heterocycles. The molecule has 0 saturated heterocycles. The quantitative estimate of drug-likeness (QED) is 0.544. The first-order valence-electron chi connectivity index (χ1n) is 10.0. The molecule has 0 spiro atoms. The monoisotopic (exact) mass is 409 g/mol. The van der Waals surface area contributed by atoms with Crippen molar-refractivity contribution in [1.82, 2.24) is 0 Å². The minimum atomic E-state index is -1.81. The second-order valence-electron chi connectivity index (χ2n) is 8.12. The number of amides is 1. The van der Waals surface area contributed by atoms with Crippen LogP contribution < -0.4 is 17.2 Å². The van der Waals surface area contributed by atoms with Gasteiger partial charge in [0.25, 0.3) is 0 Å². The number of primary amides is 1. The second-order valence-corrected chi connectivity index (χ2v) is 8.12. The molecule has 6 heteroatoms. The number of ketones is 2. The standard InChI is InChI=1S/C24H31N3O3/c1-14-10-15(2)19(16(3)11-14)12-20(26)23(30)24(13-21(27)28,22(29)17(4)25)18-8-6-5-7-9-18/h5-11,17,20H,12-13,25-26H2,1-4H3,(H2,27,28)/t17-,20-,24?/m1/s1. The van der Waals surface area contributed by atoms with Gasteiger partial charge in [-0.1, -0.05) is 48.0 Å². The summed E-state index contributed by atoms with van der Waals surface area (Å²) in [4.78, 5) is 39.0. The molecule has 0 saturated carbocycles. The van der Waals surface area contributed by atoms with Gasteiger partial charge in [0.05, 0.1) is 18.5 Å². The van der Waals surface area contributed by atoms with E-state index in [-0.39, 0.29) is 6.42 Å². The highest BCUT2D eigenvalue weighted by Crippen LogP contribution is 2.33. The molecule has 0 aliphatic carbocycles. The van der Waals surface area contributed by atoms with Crippen molar-refractivity contribution in [1.29, 1.82) is 0 Å². The highest BCUT2D eigenvalue weighted by Gasteiger charge is 2.50. The van der Waals surface area contributed by atoms with E-state index < -0.39 is 41.4 Å². The molecule has 2 rings (SSSR count). The van der Waals surface area contributed by atoms with Gasteiger partial charge in [-0.3, -0.25) is 14.4 Å². The fraction of sp³-hybridized carbons (Fsp3) is 0.375. The Labute approximate surface area is 177 Å². The SMILES string of the molecule is Cc1cc(C)c(C[C@@H](N)C(=O)C(CC(N)=O)(C(=O)[C@@H](C)N)c2ccccc2)c(C)c1. The van der Waals surface area contributed by atoms with Crippen LogP contribution in [0, 0.1) is 20.8 Å². The first-order valence-corrected chi connectivity index (χ1v) is 10.0. The Balaban J connectivity index is 2.59. The Bertz CT molecular complexity index is 930. The maximum Gasteiger partial charge on any atom is 0.219 e. The number of benzene rings is 2. The molecule has 0 bridgehead atoms. The van der Waals surface area contributed by atoms with E-state index in [1.807, 2.05) is 32.9 Å². The van der Waals surface area contributed by atoms with Gasteiger partial charge < -0.3 is 17.2 Å². The molecular formula is C24H31N3O3. The average molecular weight is 410 g/mol. The van der Waals surface area contributed by atoms with Crippen molar-refractivity contribution in [2.75, 3.05) is 0 Å². The lowest BCUT2D eigenvalue weighted by Crippen LogP contribution is -2.57. The minimum Gasteiger partial charge on any atom is -0.370 e. The van der Waals surface area contributed by atoms with Crippen LogP contribution in [-0.4, -0.2) is 29.6 Å². The predicted octanol–water partition coefficient (Wildman–Crippen LogP) is 1.78. The van der Waals surface area contributed by atoms with Gasteiger partial charge in [0.1, 0.15) is 5.41 Å². The third-order valence-electron chi connectivity index (χ3n) is 5.56. The summed E-state index contributed by atoms with van der Waals surface area (Å²) < 4.78 is 0. The number of Topliss-reactive ketones (excluding diaryl/α,β-unsaturated/α-hetero) is 2. The third kappa shape index (κ3) is 4.66. The summed E-state index contributed by atoms with van der Waals surface area (Å²) in [5.74, 6) is -1.88. The number of carbonyl (C=O) groups excluding carboxylic acids is 3. The summed E-state index contributed by atoms with van der Waals surface area (Å²) >= 11 is 0. The molecule has 1 amide bonds. The van der Waals surface area contributed by atoms with Gasteiger partial charge >= 0.3 is 0 Å². The van der Waals surface area contributed by atoms with Crippen LogP contribution in [0.15, 0.2) is 42.5 Å². The predicted molar refractivity (Wildman–Crippen MR) is 118 cm³/mol. The topological polar surface area (TPSA) is 129 Å². The Hall–Kier alpha value is -2.83. The van der Waals surface area contributed by atoms with Crippen molar-refractivity contribution in [3.8, 4) is 0 Å². The Kier molecular flexibility index (Phi) is 7.29. The van der Waals surface area contributed by atoms with Crippen molar-refractivity contribution in [2.24, 2.45) is 17.2 Å². The lowest BCUT2D eigenvalue weighted by atomic mass is 9.66. The Morgan fingerprint density at radius 3 is 1.93 bits per heavy atom. The summed E-state index contributed by atoms with van der Waals surface area (Å²) in [5.41, 5.74) is 20.4. The van der Waals surface area contributed by atoms with E-state index in [1.165, 1.54) is 6.92 Å². The highest BCUT2D eigenvalue weighted by molar-refractivity contribution is 6.18. The van der Waals surface area contributed by atoms with E-state index in [9.17, 15) is 14.4 Å². The molecule has 3 atom stereocenters. The number of hydrogen-bond acceptors (Lipinski definition) is 5. The zero-order valence-electron chi connectivity index (χ0n) is 18.1. The van der Waals surface area contributed by atoms with E-state index in [2.05, 4.69) is 0 Å². The minimum absolute atomic E-state index is 0.246. The Morgan fingerprint density at radius 2 is 1.47 bits per heavy atom. The first kappa shape index (κ1) is 23.4. The number of rotatable bonds is 9. The van der Waals surface area contributed by atoms with Gasteiger partial charge in [-0.2, -0.15) is 0 Å². The van der Waals surface area contributed by atoms with Crippen LogP contribution in [-0.2, 0) is 26.2 Å². The third-order valence-corrected chi connectivity index (χ3v) is 5.56. The number of carbonyl (C=O) groups is 3. The fourth-order valence-corrected chi connectivity index (χ4v) is 4.22. The second kappa shape index (κ2) is 9.32. The number of nitrogens with two attached hydrogens (primary N) is 3. The van der Waals surface area contributed by atoms with Gasteiger partial charge in [-0.15, -0.1) is 0 Å². The zero-order valence-corrected chi connectivity index (χ0v) is 18.1. The summed E-state index contributed by atoms with van der Waals surface area (Å²) in [6, 6.07) is 10.5. The van der Waals surface area contributed by atoms with Gasteiger partial charge in [0, 0.05) is 0 Å². The molecule has 6 N–H and O–H groups in total. The molecule has 30 heavy (non-hydrogen) atoms. The van der Waals surface area contributed by atoms with Gasteiger partial charge in [0.15, 0.2) is 11.6 Å². The molecule has 0 heterocycles. The average Bonchev–Trinajstić information content (AvgIpc) is 2.68. The van der Waals surface area contributed by atoms with Crippen LogP contribution in [0.2, 0.25) is 0 Å². The lowest BCUT2D eigenvalue weighted by molar-refractivity contribution is -0.140. The van der Waals surface area contributed by atoms with Crippen molar-refractivity contribution in [3.05, 3.63) is 70.3 Å². The van der Waals surface area contributed by atoms with Crippen LogP contribution in [0.5, 0.6) is 0 Å². The summed E-state index contributed by atoms with van der Waals surface area (Å²) in [5, 5.41) is 0. The van der Waals surface area contributed by atoms with Crippen LogP contribution >= 0.6 is 0 Å². The van der Waals surface area contributed by atoms with E-state index in [4.69, 9.17) is 17.2 Å². The highest BCUT2D eigenvalue weighted by atomic mass is 16.2. The zero-order chi connectivity index (χ0) is 22.6. The molecule has 2 aromatic rings. The van der Waals surface area contributed by atoms with E-state index >= 15 is 0 Å². The van der Waals surface area contributed by atoms with Crippen molar-refractivity contribution < 1.29 is 14.4 Å². The molecule has 160 valence electrons. The van der Waals surface area contributed by atoms with Gasteiger partial charge in [-0.05, 0) is 56.4 Å². The van der Waals surface area contributed by atoms with Crippen LogP contribution in [0.4, 0.5) is 0 Å². The fourth-order valence-electron chi connectivity index (χ4n) is 4.22. The molecule has 6 nitrogen and oxygen atoms in total.